The first-order chi connectivity index (χ1) is 8.56. The number of fused-ring (bicyclic) bond motifs is 1. The molecule has 18 heavy (non-hydrogen) atoms. The van der Waals surface area contributed by atoms with E-state index in [1.807, 2.05) is 0 Å². The van der Waals surface area contributed by atoms with E-state index in [0.717, 1.165) is 6.54 Å². The van der Waals surface area contributed by atoms with Crippen molar-refractivity contribution in [3.8, 4) is 0 Å². The van der Waals surface area contributed by atoms with Crippen molar-refractivity contribution in [2.75, 3.05) is 6.54 Å². The molecule has 1 aromatic rings. The van der Waals surface area contributed by atoms with Crippen molar-refractivity contribution in [2.45, 2.75) is 58.9 Å². The molecule has 1 aliphatic carbocycles. The van der Waals surface area contributed by atoms with Gasteiger partial charge in [0.25, 0.3) is 0 Å². The molecule has 0 fully saturated rings. The predicted molar refractivity (Wildman–Crippen MR) is 82.3 cm³/mol. The van der Waals surface area contributed by atoms with Crippen LogP contribution in [-0.2, 0) is 0 Å². The fourth-order valence-electron chi connectivity index (χ4n) is 3.25. The van der Waals surface area contributed by atoms with Crippen LogP contribution < -0.4 is 5.32 Å². The molecular formula is C16H24BrN. The molecule has 2 unspecified atom stereocenters. The third-order valence-corrected chi connectivity index (χ3v) is 5.01. The van der Waals surface area contributed by atoms with Gasteiger partial charge >= 0.3 is 0 Å². The Morgan fingerprint density at radius 1 is 1.28 bits per heavy atom. The first kappa shape index (κ1) is 14.1. The number of halogens is 1. The number of rotatable bonds is 3. The highest BCUT2D eigenvalue weighted by Gasteiger charge is 2.28. The van der Waals surface area contributed by atoms with E-state index in [1.54, 1.807) is 11.1 Å². The van der Waals surface area contributed by atoms with Gasteiger partial charge in [-0.05, 0) is 73.9 Å². The van der Waals surface area contributed by atoms with Crippen molar-refractivity contribution in [2.24, 2.45) is 0 Å². The van der Waals surface area contributed by atoms with Crippen molar-refractivity contribution in [1.82, 2.24) is 5.32 Å². The van der Waals surface area contributed by atoms with E-state index in [9.17, 15) is 0 Å². The Morgan fingerprint density at radius 2 is 2.00 bits per heavy atom. The van der Waals surface area contributed by atoms with Gasteiger partial charge in [0.05, 0.1) is 0 Å². The third-order valence-electron chi connectivity index (χ3n) is 4.19. The van der Waals surface area contributed by atoms with Gasteiger partial charge in [-0.3, -0.25) is 0 Å². The molecule has 1 aliphatic rings. The summed E-state index contributed by atoms with van der Waals surface area (Å²) in [6, 6.07) is 2.83. The van der Waals surface area contributed by atoms with Crippen LogP contribution in [0, 0.1) is 13.8 Å². The molecule has 0 radical (unpaired) electrons. The van der Waals surface area contributed by atoms with E-state index in [-0.39, 0.29) is 0 Å². The Balaban J connectivity index is 2.48. The lowest BCUT2D eigenvalue weighted by Gasteiger charge is -2.34. The third kappa shape index (κ3) is 2.50. The van der Waals surface area contributed by atoms with Gasteiger partial charge in [-0.2, -0.15) is 0 Å². The largest absolute Gasteiger partial charge is 0.310 e. The summed E-state index contributed by atoms with van der Waals surface area (Å²) in [7, 11) is 0. The van der Waals surface area contributed by atoms with Crippen LogP contribution in [0.5, 0.6) is 0 Å². The summed E-state index contributed by atoms with van der Waals surface area (Å²) in [6.07, 6.45) is 3.77. The number of nitrogens with one attached hydrogen (secondary N) is 1. The van der Waals surface area contributed by atoms with E-state index in [4.69, 9.17) is 0 Å². The average Bonchev–Trinajstić information content (AvgIpc) is 2.34. The summed E-state index contributed by atoms with van der Waals surface area (Å²) >= 11 is 3.71. The summed E-state index contributed by atoms with van der Waals surface area (Å²) in [4.78, 5) is 0. The number of hydrogen-bond acceptors (Lipinski definition) is 1. The minimum atomic E-state index is 0.548. The maximum absolute atomic E-state index is 3.72. The highest BCUT2D eigenvalue weighted by molar-refractivity contribution is 9.10. The Bertz CT molecular complexity index is 439. The number of hydrogen-bond donors (Lipinski definition) is 1. The Hall–Kier alpha value is -0.340. The topological polar surface area (TPSA) is 12.0 Å². The summed E-state index contributed by atoms with van der Waals surface area (Å²) in [5.74, 6) is 0.700. The second-order valence-corrected chi connectivity index (χ2v) is 6.47. The minimum Gasteiger partial charge on any atom is -0.310 e. The van der Waals surface area contributed by atoms with E-state index in [0.29, 0.717) is 12.0 Å². The van der Waals surface area contributed by atoms with Crippen molar-refractivity contribution in [1.29, 1.82) is 0 Å². The van der Waals surface area contributed by atoms with Crippen LogP contribution in [-0.4, -0.2) is 6.54 Å². The SMILES string of the molecule is CCCNC1CCC(C)c2c(C)cc(Br)c(C)c21. The predicted octanol–water partition coefficient (Wildman–Crippen LogP) is 5.00. The first-order valence-corrected chi connectivity index (χ1v) is 7.88. The van der Waals surface area contributed by atoms with Crippen molar-refractivity contribution < 1.29 is 0 Å². The van der Waals surface area contributed by atoms with Crippen LogP contribution in [0.15, 0.2) is 10.5 Å². The van der Waals surface area contributed by atoms with E-state index < -0.39 is 0 Å². The first-order valence-electron chi connectivity index (χ1n) is 7.09. The zero-order valence-electron chi connectivity index (χ0n) is 11.9. The second-order valence-electron chi connectivity index (χ2n) is 5.61. The Kier molecular flexibility index (Phi) is 4.50. The van der Waals surface area contributed by atoms with Gasteiger partial charge in [-0.15, -0.1) is 0 Å². The lowest BCUT2D eigenvalue weighted by molar-refractivity contribution is 0.429. The van der Waals surface area contributed by atoms with Gasteiger partial charge in [0, 0.05) is 10.5 Å². The number of benzene rings is 1. The van der Waals surface area contributed by atoms with Crippen LogP contribution >= 0.6 is 15.9 Å². The maximum atomic E-state index is 3.72. The molecule has 2 atom stereocenters. The smallest absolute Gasteiger partial charge is 0.0326 e. The Morgan fingerprint density at radius 3 is 2.67 bits per heavy atom. The monoisotopic (exact) mass is 309 g/mol. The highest BCUT2D eigenvalue weighted by Crippen LogP contribution is 2.42. The summed E-state index contributed by atoms with van der Waals surface area (Å²) in [5.41, 5.74) is 6.03. The van der Waals surface area contributed by atoms with Crippen molar-refractivity contribution in [3.05, 3.63) is 32.8 Å². The molecule has 1 aromatic carbocycles. The molecule has 0 bridgehead atoms. The van der Waals surface area contributed by atoms with Crippen LogP contribution in [0.1, 0.15) is 67.3 Å². The average molecular weight is 310 g/mol. The van der Waals surface area contributed by atoms with Gasteiger partial charge in [0.1, 0.15) is 0 Å². The zero-order valence-corrected chi connectivity index (χ0v) is 13.5. The lowest BCUT2D eigenvalue weighted by Crippen LogP contribution is -2.28. The molecule has 0 saturated heterocycles. The standard InChI is InChI=1S/C16H24BrN/c1-5-8-18-14-7-6-10(2)15-11(3)9-13(17)12(4)16(14)15/h9-10,14,18H,5-8H2,1-4H3. The van der Waals surface area contributed by atoms with Crippen LogP contribution in [0.4, 0.5) is 0 Å². The van der Waals surface area contributed by atoms with Crippen LogP contribution in [0.2, 0.25) is 0 Å². The van der Waals surface area contributed by atoms with Gasteiger partial charge in [0.15, 0.2) is 0 Å². The van der Waals surface area contributed by atoms with Crippen molar-refractivity contribution in [3.63, 3.8) is 0 Å². The molecule has 2 heteroatoms. The molecule has 0 amide bonds. The van der Waals surface area contributed by atoms with Gasteiger partial charge < -0.3 is 5.32 Å². The maximum Gasteiger partial charge on any atom is 0.0326 e. The zero-order chi connectivity index (χ0) is 13.3. The fourth-order valence-corrected chi connectivity index (χ4v) is 3.81. The molecule has 2 rings (SSSR count). The van der Waals surface area contributed by atoms with E-state index in [2.05, 4.69) is 55.0 Å². The molecule has 0 spiro atoms. The molecule has 0 aromatic heterocycles. The van der Waals surface area contributed by atoms with Crippen LogP contribution in [0.25, 0.3) is 0 Å². The number of aryl methyl sites for hydroxylation is 1. The molecular weight excluding hydrogens is 286 g/mol. The molecule has 1 nitrogen and oxygen atoms in total. The van der Waals surface area contributed by atoms with Crippen LogP contribution in [0.3, 0.4) is 0 Å². The van der Waals surface area contributed by atoms with Gasteiger partial charge in [-0.1, -0.05) is 29.8 Å². The Labute approximate surface area is 119 Å². The van der Waals surface area contributed by atoms with Gasteiger partial charge in [0.2, 0.25) is 0 Å². The highest BCUT2D eigenvalue weighted by atomic mass is 79.9. The second kappa shape index (κ2) is 5.75. The minimum absolute atomic E-state index is 0.548. The molecule has 0 heterocycles. The molecule has 1 N–H and O–H groups in total. The summed E-state index contributed by atoms with van der Waals surface area (Å²) in [6.45, 7) is 10.2. The van der Waals surface area contributed by atoms with E-state index >= 15 is 0 Å². The lowest BCUT2D eigenvalue weighted by atomic mass is 9.77. The quantitative estimate of drug-likeness (QED) is 0.828. The van der Waals surface area contributed by atoms with Gasteiger partial charge in [-0.25, -0.2) is 0 Å². The van der Waals surface area contributed by atoms with Crippen molar-refractivity contribution >= 4 is 15.9 Å². The van der Waals surface area contributed by atoms with E-state index in [1.165, 1.54) is 34.9 Å². The summed E-state index contributed by atoms with van der Waals surface area (Å²) < 4.78 is 1.26. The fraction of sp³-hybridized carbons (Fsp3) is 0.625. The molecule has 0 aliphatic heterocycles. The summed E-state index contributed by atoms with van der Waals surface area (Å²) in [5, 5.41) is 3.72. The molecule has 0 saturated carbocycles. The molecule has 100 valence electrons. The normalized spacial score (nSPS) is 22.9.